The molecule has 0 fully saturated rings. The first-order valence-corrected chi connectivity index (χ1v) is 5.66. The van der Waals surface area contributed by atoms with E-state index in [2.05, 4.69) is 0 Å². The first-order valence-electron chi connectivity index (χ1n) is 5.66. The fourth-order valence-corrected chi connectivity index (χ4v) is 2.27. The third-order valence-electron chi connectivity index (χ3n) is 3.11. The van der Waals surface area contributed by atoms with Gasteiger partial charge in [0.05, 0.1) is 0 Å². The van der Waals surface area contributed by atoms with E-state index in [0.717, 1.165) is 22.7 Å². The molecular weight excluding hydrogens is 232 g/mol. The maximum Gasteiger partial charge on any atom is 0.126 e. The molecule has 0 saturated carbocycles. The molecular formula is C15H11F2N. The summed E-state index contributed by atoms with van der Waals surface area (Å²) in [5.41, 5.74) is 2.39. The number of aryl methyl sites for hydroxylation is 1. The van der Waals surface area contributed by atoms with E-state index in [0.29, 0.717) is 5.56 Å². The second-order valence-corrected chi connectivity index (χ2v) is 4.31. The number of rotatable bonds is 1. The Balaban J connectivity index is 2.28. The predicted molar refractivity (Wildman–Crippen MR) is 68.3 cm³/mol. The minimum Gasteiger partial charge on any atom is -0.344 e. The fraction of sp³-hybridized carbons (Fsp3) is 0.0667. The summed E-state index contributed by atoms with van der Waals surface area (Å²) in [7, 11) is 1.89. The van der Waals surface area contributed by atoms with E-state index in [-0.39, 0.29) is 0 Å². The van der Waals surface area contributed by atoms with E-state index in [1.807, 2.05) is 41.9 Å². The van der Waals surface area contributed by atoms with E-state index in [9.17, 15) is 8.78 Å². The third-order valence-corrected chi connectivity index (χ3v) is 3.11. The molecule has 0 saturated heterocycles. The predicted octanol–water partition coefficient (Wildman–Crippen LogP) is 4.12. The Bertz CT molecular complexity index is 708. The molecule has 0 aliphatic rings. The monoisotopic (exact) mass is 243 g/mol. The van der Waals surface area contributed by atoms with Crippen molar-refractivity contribution in [3.8, 4) is 11.3 Å². The van der Waals surface area contributed by atoms with Gasteiger partial charge in [-0.25, -0.2) is 8.78 Å². The molecule has 3 heteroatoms. The van der Waals surface area contributed by atoms with Crippen LogP contribution >= 0.6 is 0 Å². The van der Waals surface area contributed by atoms with Gasteiger partial charge in [0.25, 0.3) is 0 Å². The maximum atomic E-state index is 13.3. The molecule has 3 aromatic rings. The van der Waals surface area contributed by atoms with Crippen molar-refractivity contribution in [3.63, 3.8) is 0 Å². The van der Waals surface area contributed by atoms with Crippen LogP contribution in [0.1, 0.15) is 0 Å². The van der Waals surface area contributed by atoms with Gasteiger partial charge in [0, 0.05) is 35.3 Å². The highest BCUT2D eigenvalue weighted by Crippen LogP contribution is 2.28. The van der Waals surface area contributed by atoms with Crippen molar-refractivity contribution in [2.75, 3.05) is 0 Å². The van der Waals surface area contributed by atoms with Crippen molar-refractivity contribution >= 4 is 10.9 Å². The number of hydrogen-bond donors (Lipinski definition) is 0. The largest absolute Gasteiger partial charge is 0.344 e. The van der Waals surface area contributed by atoms with Gasteiger partial charge < -0.3 is 4.57 Å². The smallest absolute Gasteiger partial charge is 0.126 e. The van der Waals surface area contributed by atoms with Gasteiger partial charge in [-0.2, -0.15) is 0 Å². The first kappa shape index (κ1) is 11.0. The Morgan fingerprint density at radius 3 is 2.22 bits per heavy atom. The Morgan fingerprint density at radius 1 is 0.889 bits per heavy atom. The summed E-state index contributed by atoms with van der Waals surface area (Å²) in [4.78, 5) is 0. The molecule has 2 aromatic carbocycles. The van der Waals surface area contributed by atoms with Crippen LogP contribution < -0.4 is 0 Å². The highest BCUT2D eigenvalue weighted by molar-refractivity contribution is 5.86. The topological polar surface area (TPSA) is 4.93 Å². The number of nitrogens with zero attached hydrogens (tertiary/aromatic N) is 1. The Kier molecular flexibility index (Phi) is 2.40. The normalized spacial score (nSPS) is 11.1. The van der Waals surface area contributed by atoms with Gasteiger partial charge in [-0.15, -0.1) is 0 Å². The van der Waals surface area contributed by atoms with Crippen molar-refractivity contribution in [1.82, 2.24) is 4.57 Å². The molecule has 0 aliphatic carbocycles. The van der Waals surface area contributed by atoms with Crippen LogP contribution in [-0.2, 0) is 7.05 Å². The summed E-state index contributed by atoms with van der Waals surface area (Å²) in [5, 5.41) is 1.06. The molecule has 0 aliphatic heterocycles. The van der Waals surface area contributed by atoms with Crippen LogP contribution in [0.4, 0.5) is 8.78 Å². The van der Waals surface area contributed by atoms with Crippen molar-refractivity contribution < 1.29 is 8.78 Å². The summed E-state index contributed by atoms with van der Waals surface area (Å²) < 4.78 is 28.4. The van der Waals surface area contributed by atoms with Crippen LogP contribution in [0, 0.1) is 11.6 Å². The van der Waals surface area contributed by atoms with Crippen molar-refractivity contribution in [3.05, 3.63) is 60.2 Å². The van der Waals surface area contributed by atoms with Crippen LogP contribution in [-0.4, -0.2) is 4.57 Å². The number of fused-ring (bicyclic) bond motifs is 1. The number of halogens is 2. The van der Waals surface area contributed by atoms with Crippen molar-refractivity contribution in [2.24, 2.45) is 7.05 Å². The van der Waals surface area contributed by atoms with Crippen LogP contribution in [0.25, 0.3) is 22.2 Å². The van der Waals surface area contributed by atoms with Gasteiger partial charge in [0.2, 0.25) is 0 Å². The van der Waals surface area contributed by atoms with Crippen LogP contribution in [0.2, 0.25) is 0 Å². The van der Waals surface area contributed by atoms with Crippen molar-refractivity contribution in [2.45, 2.75) is 0 Å². The van der Waals surface area contributed by atoms with Crippen LogP contribution in [0.3, 0.4) is 0 Å². The lowest BCUT2D eigenvalue weighted by molar-refractivity contribution is 0.584. The standard InChI is InChI=1S/C15H11F2N/c1-18-14-5-3-2-4-10(14)8-15(18)11-6-12(16)9-13(17)7-11/h2-9H,1H3. The number of hydrogen-bond acceptors (Lipinski definition) is 0. The molecule has 18 heavy (non-hydrogen) atoms. The summed E-state index contributed by atoms with van der Waals surface area (Å²) in [6.45, 7) is 0. The summed E-state index contributed by atoms with van der Waals surface area (Å²) in [6.07, 6.45) is 0. The van der Waals surface area contributed by atoms with E-state index in [1.165, 1.54) is 12.1 Å². The zero-order chi connectivity index (χ0) is 12.7. The lowest BCUT2D eigenvalue weighted by atomic mass is 10.1. The highest BCUT2D eigenvalue weighted by Gasteiger charge is 2.09. The Morgan fingerprint density at radius 2 is 1.56 bits per heavy atom. The SMILES string of the molecule is Cn1c(-c2cc(F)cc(F)c2)cc2ccccc21. The van der Waals surface area contributed by atoms with E-state index in [4.69, 9.17) is 0 Å². The zero-order valence-corrected chi connectivity index (χ0v) is 9.82. The number of benzene rings is 2. The lowest BCUT2D eigenvalue weighted by Gasteiger charge is -2.05. The molecule has 90 valence electrons. The second-order valence-electron chi connectivity index (χ2n) is 4.31. The molecule has 1 nitrogen and oxygen atoms in total. The van der Waals surface area contributed by atoms with Gasteiger partial charge in [0.15, 0.2) is 0 Å². The van der Waals surface area contributed by atoms with E-state index in [1.54, 1.807) is 0 Å². The molecule has 1 aromatic heterocycles. The number of para-hydroxylation sites is 1. The molecule has 0 atom stereocenters. The zero-order valence-electron chi connectivity index (χ0n) is 9.82. The van der Waals surface area contributed by atoms with Crippen molar-refractivity contribution in [1.29, 1.82) is 0 Å². The minimum atomic E-state index is -0.560. The fourth-order valence-electron chi connectivity index (χ4n) is 2.27. The lowest BCUT2D eigenvalue weighted by Crippen LogP contribution is -1.92. The molecule has 0 spiro atoms. The molecule has 0 unspecified atom stereocenters. The van der Waals surface area contributed by atoms with Gasteiger partial charge in [-0.3, -0.25) is 0 Å². The summed E-state index contributed by atoms with van der Waals surface area (Å²) in [6, 6.07) is 13.4. The third kappa shape index (κ3) is 1.68. The summed E-state index contributed by atoms with van der Waals surface area (Å²) in [5.74, 6) is -1.12. The van der Waals surface area contributed by atoms with E-state index < -0.39 is 11.6 Å². The molecule has 0 amide bonds. The van der Waals surface area contributed by atoms with Gasteiger partial charge >= 0.3 is 0 Å². The van der Waals surface area contributed by atoms with Gasteiger partial charge in [-0.05, 0) is 24.3 Å². The summed E-state index contributed by atoms with van der Waals surface area (Å²) >= 11 is 0. The molecule has 0 radical (unpaired) electrons. The van der Waals surface area contributed by atoms with Gasteiger partial charge in [-0.1, -0.05) is 18.2 Å². The Labute approximate surface area is 103 Å². The average Bonchev–Trinajstić information content (AvgIpc) is 2.66. The van der Waals surface area contributed by atoms with Crippen LogP contribution in [0.15, 0.2) is 48.5 Å². The average molecular weight is 243 g/mol. The molecule has 0 N–H and O–H groups in total. The maximum absolute atomic E-state index is 13.3. The number of aromatic nitrogens is 1. The second kappa shape index (κ2) is 3.95. The van der Waals surface area contributed by atoms with Gasteiger partial charge in [0.1, 0.15) is 11.6 Å². The minimum absolute atomic E-state index is 0.547. The highest BCUT2D eigenvalue weighted by atomic mass is 19.1. The van der Waals surface area contributed by atoms with Crippen LogP contribution in [0.5, 0.6) is 0 Å². The Hall–Kier alpha value is -2.16. The molecule has 3 rings (SSSR count). The molecule has 1 heterocycles. The molecule has 0 bridgehead atoms. The van der Waals surface area contributed by atoms with E-state index >= 15 is 0 Å². The quantitative estimate of drug-likeness (QED) is 0.605. The first-order chi connectivity index (χ1) is 8.65.